The van der Waals surface area contributed by atoms with Gasteiger partial charge in [-0.25, -0.2) is 5.11 Å². The molecule has 1 nitrogen and oxygen atoms in total. The molecule has 0 heterocycles. The first kappa shape index (κ1) is 10.7. The molecule has 0 amide bonds. The Kier molecular flexibility index (Phi) is 6.24. The molecule has 11 heavy (non-hydrogen) atoms. The highest BCUT2D eigenvalue weighted by atomic mass is 16.2. The summed E-state index contributed by atoms with van der Waals surface area (Å²) in [7, 11) is 0. The summed E-state index contributed by atoms with van der Waals surface area (Å²) in [5, 5.41) is 10.2. The first-order valence-corrected chi connectivity index (χ1v) is 4.40. The number of rotatable bonds is 5. The molecule has 0 rings (SSSR count). The van der Waals surface area contributed by atoms with Crippen molar-refractivity contribution in [1.82, 2.24) is 0 Å². The Balaban J connectivity index is 3.31. The van der Waals surface area contributed by atoms with Crippen molar-refractivity contribution in [3.05, 3.63) is 11.6 Å². The van der Waals surface area contributed by atoms with E-state index in [4.69, 9.17) is 0 Å². The molecule has 0 aromatic carbocycles. The molecule has 0 aliphatic carbocycles. The minimum Gasteiger partial charge on any atom is -0.232 e. The lowest BCUT2D eigenvalue weighted by molar-refractivity contribution is 0.231. The van der Waals surface area contributed by atoms with Crippen molar-refractivity contribution >= 4 is 0 Å². The largest absolute Gasteiger partial charge is 0.232 e. The average Bonchev–Trinajstić information content (AvgIpc) is 1.87. The fourth-order valence-corrected chi connectivity index (χ4v) is 1.03. The quantitative estimate of drug-likeness (QED) is 0.543. The van der Waals surface area contributed by atoms with Crippen LogP contribution in [0.1, 0.15) is 40.0 Å². The molecule has 0 atom stereocenters. The van der Waals surface area contributed by atoms with E-state index in [1.54, 1.807) is 6.08 Å². The molecule has 1 radical (unpaired) electrons. The lowest BCUT2D eigenvalue weighted by Gasteiger charge is -2.03. The summed E-state index contributed by atoms with van der Waals surface area (Å²) >= 11 is 0. The topological polar surface area (TPSA) is 19.9 Å². The third-order valence-electron chi connectivity index (χ3n) is 1.78. The van der Waals surface area contributed by atoms with Crippen molar-refractivity contribution in [2.45, 2.75) is 40.0 Å². The van der Waals surface area contributed by atoms with Crippen molar-refractivity contribution in [2.75, 3.05) is 6.61 Å². The van der Waals surface area contributed by atoms with Gasteiger partial charge in [-0.1, -0.05) is 31.9 Å². The van der Waals surface area contributed by atoms with Crippen molar-refractivity contribution in [3.8, 4) is 0 Å². The third kappa shape index (κ3) is 7.60. The smallest absolute Gasteiger partial charge is 0.101 e. The van der Waals surface area contributed by atoms with Crippen molar-refractivity contribution in [2.24, 2.45) is 5.92 Å². The van der Waals surface area contributed by atoms with Crippen LogP contribution in [0, 0.1) is 5.92 Å². The Labute approximate surface area is 70.1 Å². The zero-order valence-corrected chi connectivity index (χ0v) is 7.89. The number of hydrogen-bond donors (Lipinski definition) is 0. The van der Waals surface area contributed by atoms with Crippen LogP contribution in [0.25, 0.3) is 0 Å². The van der Waals surface area contributed by atoms with E-state index in [0.717, 1.165) is 12.3 Å². The van der Waals surface area contributed by atoms with Gasteiger partial charge in [0.2, 0.25) is 0 Å². The van der Waals surface area contributed by atoms with Crippen LogP contribution in [-0.4, -0.2) is 6.61 Å². The van der Waals surface area contributed by atoms with Crippen LogP contribution in [0.5, 0.6) is 0 Å². The van der Waals surface area contributed by atoms with Gasteiger partial charge in [0.1, 0.15) is 6.61 Å². The van der Waals surface area contributed by atoms with Gasteiger partial charge in [0.15, 0.2) is 0 Å². The van der Waals surface area contributed by atoms with Crippen LogP contribution in [-0.2, 0) is 5.11 Å². The zero-order chi connectivity index (χ0) is 8.69. The predicted octanol–water partition coefficient (Wildman–Crippen LogP) is 3.19. The fraction of sp³-hybridized carbons (Fsp3) is 0.800. The second kappa shape index (κ2) is 6.41. The van der Waals surface area contributed by atoms with Crippen molar-refractivity contribution in [3.63, 3.8) is 0 Å². The van der Waals surface area contributed by atoms with Crippen LogP contribution < -0.4 is 0 Å². The van der Waals surface area contributed by atoms with E-state index in [0.29, 0.717) is 0 Å². The minimum atomic E-state index is -0.0620. The second-order valence-electron chi connectivity index (χ2n) is 3.50. The molecule has 0 aliphatic heterocycles. The van der Waals surface area contributed by atoms with Gasteiger partial charge in [-0.3, -0.25) is 0 Å². The first-order valence-electron chi connectivity index (χ1n) is 4.40. The van der Waals surface area contributed by atoms with E-state index in [1.807, 2.05) is 6.92 Å². The Bertz CT molecular complexity index is 114. The van der Waals surface area contributed by atoms with Crippen molar-refractivity contribution in [1.29, 1.82) is 0 Å². The zero-order valence-electron chi connectivity index (χ0n) is 7.89. The van der Waals surface area contributed by atoms with E-state index in [-0.39, 0.29) is 6.61 Å². The highest BCUT2D eigenvalue weighted by molar-refractivity contribution is 4.97. The molecule has 1 heteroatoms. The van der Waals surface area contributed by atoms with Gasteiger partial charge in [0.25, 0.3) is 0 Å². The SMILES string of the molecule is C/C(=C\C[O])CCCC(C)C. The second-order valence-corrected chi connectivity index (χ2v) is 3.50. The third-order valence-corrected chi connectivity index (χ3v) is 1.78. The first-order chi connectivity index (χ1) is 5.16. The molecule has 65 valence electrons. The number of hydrogen-bond acceptors (Lipinski definition) is 0. The Morgan fingerprint density at radius 2 is 2.09 bits per heavy atom. The highest BCUT2D eigenvalue weighted by Gasteiger charge is 1.94. The van der Waals surface area contributed by atoms with Crippen molar-refractivity contribution < 1.29 is 5.11 Å². The van der Waals surface area contributed by atoms with Gasteiger partial charge in [0, 0.05) is 0 Å². The molecular formula is C10H19O. The number of allylic oxidation sites excluding steroid dienone is 1. The molecule has 0 bridgehead atoms. The van der Waals surface area contributed by atoms with Gasteiger partial charge in [0.05, 0.1) is 0 Å². The monoisotopic (exact) mass is 155 g/mol. The summed E-state index contributed by atoms with van der Waals surface area (Å²) in [6, 6.07) is 0. The van der Waals surface area contributed by atoms with E-state index < -0.39 is 0 Å². The molecule has 0 saturated carbocycles. The standard InChI is InChI=1S/C10H19O/c1-9(2)5-4-6-10(3)7-8-11/h7,9H,4-6,8H2,1-3H3/b10-7+. The molecule has 0 aromatic heterocycles. The van der Waals surface area contributed by atoms with E-state index in [9.17, 15) is 5.11 Å². The lowest BCUT2D eigenvalue weighted by Crippen LogP contribution is -1.88. The summed E-state index contributed by atoms with van der Waals surface area (Å²) in [6.45, 7) is 6.44. The Hall–Kier alpha value is -0.300. The molecule has 0 spiro atoms. The molecule has 0 unspecified atom stereocenters. The van der Waals surface area contributed by atoms with Gasteiger partial charge >= 0.3 is 0 Å². The lowest BCUT2D eigenvalue weighted by atomic mass is 10.0. The van der Waals surface area contributed by atoms with Gasteiger partial charge < -0.3 is 0 Å². The van der Waals surface area contributed by atoms with Crippen LogP contribution in [0.15, 0.2) is 11.6 Å². The Morgan fingerprint density at radius 1 is 1.45 bits per heavy atom. The normalized spacial score (nSPS) is 12.6. The molecule has 0 aromatic rings. The molecule has 0 aliphatic rings. The molecule has 0 fully saturated rings. The van der Waals surface area contributed by atoms with Crippen LogP contribution in [0.4, 0.5) is 0 Å². The maximum atomic E-state index is 10.2. The average molecular weight is 155 g/mol. The van der Waals surface area contributed by atoms with Gasteiger partial charge in [-0.15, -0.1) is 0 Å². The Morgan fingerprint density at radius 3 is 2.55 bits per heavy atom. The summed E-state index contributed by atoms with van der Waals surface area (Å²) in [5.41, 5.74) is 1.25. The van der Waals surface area contributed by atoms with Crippen LogP contribution >= 0.6 is 0 Å². The van der Waals surface area contributed by atoms with Crippen LogP contribution in [0.2, 0.25) is 0 Å². The predicted molar refractivity (Wildman–Crippen MR) is 48.0 cm³/mol. The maximum Gasteiger partial charge on any atom is 0.101 e. The summed E-state index contributed by atoms with van der Waals surface area (Å²) in [6.07, 6.45) is 5.37. The maximum absolute atomic E-state index is 10.2. The molecule has 0 saturated heterocycles. The van der Waals surface area contributed by atoms with Crippen LogP contribution in [0.3, 0.4) is 0 Å². The summed E-state index contributed by atoms with van der Waals surface area (Å²) in [5.74, 6) is 0.787. The summed E-state index contributed by atoms with van der Waals surface area (Å²) in [4.78, 5) is 0. The van der Waals surface area contributed by atoms with Gasteiger partial charge in [-0.05, 0) is 25.7 Å². The van der Waals surface area contributed by atoms with E-state index >= 15 is 0 Å². The fourth-order valence-electron chi connectivity index (χ4n) is 1.03. The van der Waals surface area contributed by atoms with Gasteiger partial charge in [-0.2, -0.15) is 0 Å². The summed E-state index contributed by atoms with van der Waals surface area (Å²) < 4.78 is 0. The minimum absolute atomic E-state index is 0.0620. The van der Waals surface area contributed by atoms with E-state index in [2.05, 4.69) is 13.8 Å². The molecule has 0 N–H and O–H groups in total. The highest BCUT2D eigenvalue weighted by Crippen LogP contribution is 2.10. The van der Waals surface area contributed by atoms with E-state index in [1.165, 1.54) is 18.4 Å². The molecular weight excluding hydrogens is 136 g/mol.